The van der Waals surface area contributed by atoms with E-state index in [1.54, 1.807) is 24.5 Å². The lowest BCUT2D eigenvalue weighted by Crippen LogP contribution is -2.30. The Hall–Kier alpha value is -1.22. The van der Waals surface area contributed by atoms with Gasteiger partial charge in [-0.3, -0.25) is 9.78 Å². The lowest BCUT2D eigenvalue weighted by molar-refractivity contribution is 0.0917. The molecule has 3 heteroatoms. The van der Waals surface area contributed by atoms with Gasteiger partial charge in [0.15, 0.2) is 5.78 Å². The average molecular weight is 178 g/mol. The second-order valence-corrected chi connectivity index (χ2v) is 3.25. The van der Waals surface area contributed by atoms with E-state index >= 15 is 0 Å². The van der Waals surface area contributed by atoms with E-state index in [1.165, 1.54) is 0 Å². The minimum Gasteiger partial charge on any atom is -0.327 e. The first-order chi connectivity index (χ1) is 6.13. The molecule has 0 radical (unpaired) electrons. The molecule has 2 unspecified atom stereocenters. The molecule has 0 aliphatic heterocycles. The summed E-state index contributed by atoms with van der Waals surface area (Å²) >= 11 is 0. The highest BCUT2D eigenvalue weighted by molar-refractivity contribution is 5.97. The zero-order chi connectivity index (χ0) is 9.84. The van der Waals surface area contributed by atoms with Crippen molar-refractivity contribution in [3.63, 3.8) is 0 Å². The van der Waals surface area contributed by atoms with Crippen molar-refractivity contribution in [2.45, 2.75) is 19.9 Å². The van der Waals surface area contributed by atoms with Gasteiger partial charge < -0.3 is 5.73 Å². The van der Waals surface area contributed by atoms with Crippen LogP contribution < -0.4 is 5.73 Å². The van der Waals surface area contributed by atoms with Gasteiger partial charge in [-0.15, -0.1) is 0 Å². The van der Waals surface area contributed by atoms with Crippen molar-refractivity contribution in [2.24, 2.45) is 11.7 Å². The maximum atomic E-state index is 11.7. The molecule has 0 fully saturated rings. The van der Waals surface area contributed by atoms with Gasteiger partial charge in [-0.25, -0.2) is 0 Å². The Bertz CT molecular complexity index is 282. The van der Waals surface area contributed by atoms with Gasteiger partial charge in [0.2, 0.25) is 0 Å². The molecule has 70 valence electrons. The van der Waals surface area contributed by atoms with Crippen LogP contribution in [0.3, 0.4) is 0 Å². The summed E-state index contributed by atoms with van der Waals surface area (Å²) in [5, 5.41) is 0. The third-order valence-corrected chi connectivity index (χ3v) is 2.15. The molecule has 2 N–H and O–H groups in total. The van der Waals surface area contributed by atoms with E-state index in [1.807, 2.05) is 13.8 Å². The summed E-state index contributed by atoms with van der Waals surface area (Å²) in [6, 6.07) is 3.39. The number of pyridine rings is 1. The predicted octanol–water partition coefficient (Wildman–Crippen LogP) is 1.25. The van der Waals surface area contributed by atoms with Gasteiger partial charge in [0, 0.05) is 29.9 Å². The lowest BCUT2D eigenvalue weighted by atomic mass is 9.95. The smallest absolute Gasteiger partial charge is 0.168 e. The average Bonchev–Trinajstić information content (AvgIpc) is 2.17. The molecule has 1 aromatic heterocycles. The van der Waals surface area contributed by atoms with E-state index in [4.69, 9.17) is 5.73 Å². The standard InChI is InChI=1S/C10H14N2O/c1-7(8(2)11)10(13)9-4-3-5-12-6-9/h3-8H,11H2,1-2H3. The third kappa shape index (κ3) is 2.36. The molecule has 13 heavy (non-hydrogen) atoms. The van der Waals surface area contributed by atoms with Crippen LogP contribution in [-0.2, 0) is 0 Å². The molecule has 0 bridgehead atoms. The van der Waals surface area contributed by atoms with Crippen LogP contribution in [0, 0.1) is 5.92 Å². The predicted molar refractivity (Wildman–Crippen MR) is 51.4 cm³/mol. The maximum Gasteiger partial charge on any atom is 0.168 e. The summed E-state index contributed by atoms with van der Waals surface area (Å²) < 4.78 is 0. The van der Waals surface area contributed by atoms with Gasteiger partial charge in [-0.1, -0.05) is 6.92 Å². The summed E-state index contributed by atoms with van der Waals surface area (Å²) in [6.45, 7) is 3.67. The Balaban J connectivity index is 2.80. The summed E-state index contributed by atoms with van der Waals surface area (Å²) in [7, 11) is 0. The number of rotatable bonds is 3. The topological polar surface area (TPSA) is 56.0 Å². The maximum absolute atomic E-state index is 11.7. The van der Waals surface area contributed by atoms with Crippen LogP contribution in [0.1, 0.15) is 24.2 Å². The molecule has 1 aromatic rings. The number of carbonyl (C=O) groups excluding carboxylic acids is 1. The Morgan fingerprint density at radius 2 is 2.23 bits per heavy atom. The molecule has 0 aliphatic carbocycles. The number of hydrogen-bond acceptors (Lipinski definition) is 3. The van der Waals surface area contributed by atoms with Crippen molar-refractivity contribution >= 4 is 5.78 Å². The van der Waals surface area contributed by atoms with Crippen LogP contribution in [0.25, 0.3) is 0 Å². The van der Waals surface area contributed by atoms with E-state index in [0.29, 0.717) is 5.56 Å². The van der Waals surface area contributed by atoms with Gasteiger partial charge in [-0.05, 0) is 19.1 Å². The van der Waals surface area contributed by atoms with Crippen molar-refractivity contribution in [1.82, 2.24) is 4.98 Å². The molecule has 1 rings (SSSR count). The van der Waals surface area contributed by atoms with Gasteiger partial charge in [0.25, 0.3) is 0 Å². The molecular weight excluding hydrogens is 164 g/mol. The number of Topliss-reactive ketones (excluding diaryl/α,β-unsaturated/α-hetero) is 1. The third-order valence-electron chi connectivity index (χ3n) is 2.15. The Morgan fingerprint density at radius 3 is 2.69 bits per heavy atom. The fraction of sp³-hybridized carbons (Fsp3) is 0.400. The molecule has 3 nitrogen and oxygen atoms in total. The summed E-state index contributed by atoms with van der Waals surface area (Å²) in [4.78, 5) is 15.6. The normalized spacial score (nSPS) is 15.0. The first-order valence-corrected chi connectivity index (χ1v) is 4.32. The van der Waals surface area contributed by atoms with Crippen LogP contribution in [0.2, 0.25) is 0 Å². The van der Waals surface area contributed by atoms with Crippen molar-refractivity contribution in [3.8, 4) is 0 Å². The highest BCUT2D eigenvalue weighted by Gasteiger charge is 2.18. The summed E-state index contributed by atoms with van der Waals surface area (Å²) in [5.41, 5.74) is 6.26. The second-order valence-electron chi connectivity index (χ2n) is 3.25. The van der Waals surface area contributed by atoms with Crippen LogP contribution >= 0.6 is 0 Å². The number of nitrogens with two attached hydrogens (primary N) is 1. The number of aromatic nitrogens is 1. The molecule has 0 aromatic carbocycles. The number of nitrogens with zero attached hydrogens (tertiary/aromatic N) is 1. The van der Waals surface area contributed by atoms with Crippen molar-refractivity contribution in [1.29, 1.82) is 0 Å². The van der Waals surface area contributed by atoms with E-state index < -0.39 is 0 Å². The van der Waals surface area contributed by atoms with Crippen LogP contribution in [0.15, 0.2) is 24.5 Å². The number of hydrogen-bond donors (Lipinski definition) is 1. The Kier molecular flexibility index (Phi) is 3.14. The first kappa shape index (κ1) is 9.86. The van der Waals surface area contributed by atoms with Gasteiger partial charge in [0.05, 0.1) is 0 Å². The SMILES string of the molecule is CC(N)C(C)C(=O)c1cccnc1. The quantitative estimate of drug-likeness (QED) is 0.708. The lowest BCUT2D eigenvalue weighted by Gasteiger charge is -2.13. The van der Waals surface area contributed by atoms with E-state index in [9.17, 15) is 4.79 Å². The molecule has 0 aliphatic rings. The van der Waals surface area contributed by atoms with Crippen LogP contribution in [0.5, 0.6) is 0 Å². The van der Waals surface area contributed by atoms with Crippen molar-refractivity contribution in [2.75, 3.05) is 0 Å². The molecule has 0 saturated carbocycles. The molecule has 2 atom stereocenters. The largest absolute Gasteiger partial charge is 0.327 e. The van der Waals surface area contributed by atoms with Gasteiger partial charge in [0.1, 0.15) is 0 Å². The highest BCUT2D eigenvalue weighted by Crippen LogP contribution is 2.09. The van der Waals surface area contributed by atoms with E-state index in [2.05, 4.69) is 4.98 Å². The molecule has 0 amide bonds. The summed E-state index contributed by atoms with van der Waals surface area (Å²) in [5.74, 6) is -0.0905. The van der Waals surface area contributed by atoms with Crippen molar-refractivity contribution in [3.05, 3.63) is 30.1 Å². The Morgan fingerprint density at radius 1 is 1.54 bits per heavy atom. The number of ketones is 1. The molecule has 0 spiro atoms. The highest BCUT2D eigenvalue weighted by atomic mass is 16.1. The molecule has 0 saturated heterocycles. The fourth-order valence-electron chi connectivity index (χ4n) is 1.01. The molecule has 1 heterocycles. The van der Waals surface area contributed by atoms with Gasteiger partial charge in [-0.2, -0.15) is 0 Å². The van der Waals surface area contributed by atoms with E-state index in [-0.39, 0.29) is 17.7 Å². The van der Waals surface area contributed by atoms with Gasteiger partial charge >= 0.3 is 0 Å². The Labute approximate surface area is 78.0 Å². The number of carbonyl (C=O) groups is 1. The van der Waals surface area contributed by atoms with E-state index in [0.717, 1.165) is 0 Å². The fourth-order valence-corrected chi connectivity index (χ4v) is 1.01. The zero-order valence-corrected chi connectivity index (χ0v) is 7.90. The monoisotopic (exact) mass is 178 g/mol. The minimum atomic E-state index is -0.149. The zero-order valence-electron chi connectivity index (χ0n) is 7.90. The summed E-state index contributed by atoms with van der Waals surface area (Å²) in [6.07, 6.45) is 3.22. The minimum absolute atomic E-state index is 0.0584. The van der Waals surface area contributed by atoms with Crippen LogP contribution in [0.4, 0.5) is 0 Å². The second kappa shape index (κ2) is 4.14. The molecular formula is C10H14N2O. The van der Waals surface area contributed by atoms with Crippen LogP contribution in [-0.4, -0.2) is 16.8 Å². The van der Waals surface area contributed by atoms with Crippen molar-refractivity contribution < 1.29 is 4.79 Å². The first-order valence-electron chi connectivity index (χ1n) is 4.32.